The van der Waals surface area contributed by atoms with Crippen molar-refractivity contribution in [2.75, 3.05) is 0 Å². The number of halogens is 2. The van der Waals surface area contributed by atoms with E-state index in [9.17, 15) is 9.18 Å². The lowest BCUT2D eigenvalue weighted by Crippen LogP contribution is -2.03. The molecule has 0 aliphatic heterocycles. The molecule has 3 heteroatoms. The summed E-state index contributed by atoms with van der Waals surface area (Å²) in [6, 6.07) is 9.37. The molecule has 2 aromatic carbocycles. The van der Waals surface area contributed by atoms with Crippen LogP contribution in [0.25, 0.3) is 0 Å². The Bertz CT molecular complexity index is 597. The highest BCUT2D eigenvalue weighted by Crippen LogP contribution is 2.24. The molecule has 92 valence electrons. The number of carbonyl (C=O) groups is 1. The largest absolute Gasteiger partial charge is 0.289 e. The Balaban J connectivity index is 2.47. The van der Waals surface area contributed by atoms with E-state index in [0.29, 0.717) is 11.1 Å². The molecular weight excluding hydrogens is 295 g/mol. The molecule has 0 spiro atoms. The molecule has 1 nitrogen and oxygen atoms in total. The van der Waals surface area contributed by atoms with Crippen molar-refractivity contribution in [1.29, 1.82) is 0 Å². The molecule has 0 atom stereocenters. The van der Waals surface area contributed by atoms with Crippen molar-refractivity contribution >= 4 is 21.7 Å². The van der Waals surface area contributed by atoms with Crippen LogP contribution in [-0.4, -0.2) is 5.78 Å². The highest BCUT2D eigenvalue weighted by atomic mass is 79.9. The fourth-order valence-electron chi connectivity index (χ4n) is 1.87. The molecule has 0 saturated heterocycles. The van der Waals surface area contributed by atoms with Gasteiger partial charge in [0.05, 0.1) is 0 Å². The van der Waals surface area contributed by atoms with Gasteiger partial charge < -0.3 is 0 Å². The number of benzene rings is 2. The maximum absolute atomic E-state index is 13.1. The summed E-state index contributed by atoms with van der Waals surface area (Å²) in [4.78, 5) is 12.2. The van der Waals surface area contributed by atoms with E-state index in [1.54, 1.807) is 12.1 Å². The SMILES string of the molecule is Cc1cc(C(=O)c2cccc(F)c2)cc(C)c1Br. The third-order valence-electron chi connectivity index (χ3n) is 2.79. The van der Waals surface area contributed by atoms with E-state index in [2.05, 4.69) is 15.9 Å². The van der Waals surface area contributed by atoms with Crippen LogP contribution in [0.5, 0.6) is 0 Å². The molecular formula is C15H12BrFO. The van der Waals surface area contributed by atoms with Crippen LogP contribution in [0.2, 0.25) is 0 Å². The van der Waals surface area contributed by atoms with E-state index in [-0.39, 0.29) is 5.78 Å². The van der Waals surface area contributed by atoms with Crippen molar-refractivity contribution in [2.24, 2.45) is 0 Å². The monoisotopic (exact) mass is 306 g/mol. The Morgan fingerprint density at radius 1 is 1.06 bits per heavy atom. The number of ketones is 1. The smallest absolute Gasteiger partial charge is 0.193 e. The maximum Gasteiger partial charge on any atom is 0.193 e. The highest BCUT2D eigenvalue weighted by molar-refractivity contribution is 9.10. The van der Waals surface area contributed by atoms with Crippen LogP contribution in [0.3, 0.4) is 0 Å². The van der Waals surface area contributed by atoms with Crippen molar-refractivity contribution in [1.82, 2.24) is 0 Å². The zero-order chi connectivity index (χ0) is 13.3. The summed E-state index contributed by atoms with van der Waals surface area (Å²) < 4.78 is 14.1. The number of hydrogen-bond acceptors (Lipinski definition) is 1. The molecule has 0 unspecified atom stereocenters. The lowest BCUT2D eigenvalue weighted by atomic mass is 9.99. The molecule has 0 aliphatic carbocycles. The predicted molar refractivity (Wildman–Crippen MR) is 73.4 cm³/mol. The van der Waals surface area contributed by atoms with E-state index >= 15 is 0 Å². The Kier molecular flexibility index (Phi) is 3.62. The Hall–Kier alpha value is -1.48. The summed E-state index contributed by atoms with van der Waals surface area (Å²) in [5.41, 5.74) is 2.94. The van der Waals surface area contributed by atoms with Crippen LogP contribution in [-0.2, 0) is 0 Å². The van der Waals surface area contributed by atoms with Crippen molar-refractivity contribution in [2.45, 2.75) is 13.8 Å². The van der Waals surface area contributed by atoms with E-state index in [4.69, 9.17) is 0 Å². The number of rotatable bonds is 2. The molecule has 0 radical (unpaired) electrons. The molecule has 18 heavy (non-hydrogen) atoms. The standard InChI is InChI=1S/C15H12BrFO/c1-9-6-12(7-10(2)14(9)16)15(18)11-4-3-5-13(17)8-11/h3-8H,1-2H3. The molecule has 0 fully saturated rings. The van der Waals surface area contributed by atoms with Gasteiger partial charge in [-0.2, -0.15) is 0 Å². The number of hydrogen-bond donors (Lipinski definition) is 0. The first kappa shape index (κ1) is 13.0. The third-order valence-corrected chi connectivity index (χ3v) is 4.04. The van der Waals surface area contributed by atoms with Gasteiger partial charge in [0.2, 0.25) is 0 Å². The molecule has 0 heterocycles. The third kappa shape index (κ3) is 2.51. The topological polar surface area (TPSA) is 17.1 Å². The van der Waals surface area contributed by atoms with Gasteiger partial charge in [0.15, 0.2) is 5.78 Å². The summed E-state index contributed by atoms with van der Waals surface area (Å²) in [5, 5.41) is 0. The van der Waals surface area contributed by atoms with Gasteiger partial charge in [-0.05, 0) is 49.2 Å². The fraction of sp³-hybridized carbons (Fsp3) is 0.133. The van der Waals surface area contributed by atoms with Gasteiger partial charge in [-0.15, -0.1) is 0 Å². The molecule has 2 aromatic rings. The van der Waals surface area contributed by atoms with Gasteiger partial charge in [0.25, 0.3) is 0 Å². The average Bonchev–Trinajstić information content (AvgIpc) is 2.34. The second-order valence-electron chi connectivity index (χ2n) is 4.26. The Morgan fingerprint density at radius 2 is 1.67 bits per heavy atom. The summed E-state index contributed by atoms with van der Waals surface area (Å²) in [5.74, 6) is -0.556. The molecule has 0 bridgehead atoms. The molecule has 0 N–H and O–H groups in total. The lowest BCUT2D eigenvalue weighted by Gasteiger charge is -2.07. The summed E-state index contributed by atoms with van der Waals surface area (Å²) in [6.45, 7) is 3.86. The Morgan fingerprint density at radius 3 is 2.22 bits per heavy atom. The second kappa shape index (κ2) is 5.02. The zero-order valence-electron chi connectivity index (χ0n) is 10.1. The van der Waals surface area contributed by atoms with Crippen molar-refractivity contribution in [3.05, 3.63) is 68.9 Å². The van der Waals surface area contributed by atoms with Gasteiger partial charge >= 0.3 is 0 Å². The maximum atomic E-state index is 13.1. The highest BCUT2D eigenvalue weighted by Gasteiger charge is 2.12. The first-order valence-corrected chi connectivity index (χ1v) is 6.35. The van der Waals surface area contributed by atoms with Crippen LogP contribution in [0, 0.1) is 19.7 Å². The van der Waals surface area contributed by atoms with Crippen molar-refractivity contribution in [3.8, 4) is 0 Å². The predicted octanol–water partition coefficient (Wildman–Crippen LogP) is 4.44. The van der Waals surface area contributed by atoms with E-state index in [1.807, 2.05) is 26.0 Å². The van der Waals surface area contributed by atoms with Gasteiger partial charge in [0, 0.05) is 15.6 Å². The van der Waals surface area contributed by atoms with Crippen molar-refractivity contribution < 1.29 is 9.18 Å². The zero-order valence-corrected chi connectivity index (χ0v) is 11.7. The normalized spacial score (nSPS) is 10.4. The lowest BCUT2D eigenvalue weighted by molar-refractivity contribution is 0.103. The summed E-state index contributed by atoms with van der Waals surface area (Å²) >= 11 is 3.46. The number of carbonyl (C=O) groups excluding carboxylic acids is 1. The molecule has 0 aliphatic rings. The minimum atomic E-state index is -0.397. The van der Waals surface area contributed by atoms with Gasteiger partial charge in [-0.1, -0.05) is 28.1 Å². The van der Waals surface area contributed by atoms with Gasteiger partial charge in [0.1, 0.15) is 5.82 Å². The summed E-state index contributed by atoms with van der Waals surface area (Å²) in [7, 11) is 0. The van der Waals surface area contributed by atoms with E-state index in [0.717, 1.165) is 15.6 Å². The van der Waals surface area contributed by atoms with Gasteiger partial charge in [-0.3, -0.25) is 4.79 Å². The van der Waals surface area contributed by atoms with Gasteiger partial charge in [-0.25, -0.2) is 4.39 Å². The van der Waals surface area contributed by atoms with Crippen molar-refractivity contribution in [3.63, 3.8) is 0 Å². The van der Waals surface area contributed by atoms with E-state index < -0.39 is 5.82 Å². The minimum Gasteiger partial charge on any atom is -0.289 e. The van der Waals surface area contributed by atoms with Crippen LogP contribution >= 0.6 is 15.9 Å². The minimum absolute atomic E-state index is 0.159. The first-order chi connectivity index (χ1) is 8.49. The molecule has 2 rings (SSSR count). The van der Waals surface area contributed by atoms with Crippen LogP contribution < -0.4 is 0 Å². The number of aryl methyl sites for hydroxylation is 2. The quantitative estimate of drug-likeness (QED) is 0.750. The molecule has 0 aromatic heterocycles. The second-order valence-corrected chi connectivity index (χ2v) is 5.06. The average molecular weight is 307 g/mol. The fourth-order valence-corrected chi connectivity index (χ4v) is 2.10. The molecule has 0 saturated carbocycles. The van der Waals surface area contributed by atoms with Crippen LogP contribution in [0.15, 0.2) is 40.9 Å². The molecule has 0 amide bonds. The van der Waals surface area contributed by atoms with E-state index in [1.165, 1.54) is 12.1 Å². The Labute approximate surface area is 114 Å². The van der Waals surface area contributed by atoms with Crippen LogP contribution in [0.4, 0.5) is 4.39 Å². The summed E-state index contributed by atoms with van der Waals surface area (Å²) in [6.07, 6.45) is 0. The van der Waals surface area contributed by atoms with Crippen LogP contribution in [0.1, 0.15) is 27.0 Å². The first-order valence-electron chi connectivity index (χ1n) is 5.56.